The van der Waals surface area contributed by atoms with Crippen LogP contribution >= 0.6 is 11.6 Å². The summed E-state index contributed by atoms with van der Waals surface area (Å²) < 4.78 is 20.1. The number of hydrogen-bond acceptors (Lipinski definition) is 5. The molecule has 29 heavy (non-hydrogen) atoms. The Morgan fingerprint density at radius 2 is 1.97 bits per heavy atom. The second-order valence-electron chi connectivity index (χ2n) is 6.26. The van der Waals surface area contributed by atoms with Gasteiger partial charge in [0.05, 0.1) is 30.9 Å². The van der Waals surface area contributed by atoms with Gasteiger partial charge in [0.25, 0.3) is 0 Å². The molecule has 0 unspecified atom stereocenters. The van der Waals surface area contributed by atoms with E-state index >= 15 is 0 Å². The first kappa shape index (κ1) is 18.8. The van der Waals surface area contributed by atoms with Gasteiger partial charge in [-0.15, -0.1) is 0 Å². The average Bonchev–Trinajstić information content (AvgIpc) is 3.10. The van der Waals surface area contributed by atoms with Crippen molar-refractivity contribution in [3.05, 3.63) is 70.9 Å². The second-order valence-corrected chi connectivity index (χ2v) is 6.70. The van der Waals surface area contributed by atoms with E-state index in [9.17, 15) is 14.3 Å². The molecule has 146 valence electrons. The minimum atomic E-state index is -1.09. The highest BCUT2D eigenvalue weighted by atomic mass is 35.5. The number of fused-ring (bicyclic) bond motifs is 1. The van der Waals surface area contributed by atoms with Crippen molar-refractivity contribution >= 4 is 28.5 Å². The van der Waals surface area contributed by atoms with Gasteiger partial charge < -0.3 is 9.84 Å². The number of nitrogens with zero attached hydrogens (tertiary/aromatic N) is 4. The molecule has 0 aliphatic carbocycles. The zero-order valence-corrected chi connectivity index (χ0v) is 15.9. The van der Waals surface area contributed by atoms with Crippen LogP contribution in [0.5, 0.6) is 5.75 Å². The Labute approximate surface area is 169 Å². The molecule has 2 aromatic heterocycles. The van der Waals surface area contributed by atoms with Crippen molar-refractivity contribution < 1.29 is 19.0 Å². The molecule has 0 amide bonds. The lowest BCUT2D eigenvalue weighted by Gasteiger charge is -2.08. The third-order valence-electron chi connectivity index (χ3n) is 4.38. The van der Waals surface area contributed by atoms with E-state index in [1.807, 2.05) is 0 Å². The van der Waals surface area contributed by atoms with Gasteiger partial charge in [-0.2, -0.15) is 5.10 Å². The molecule has 4 rings (SSSR count). The molecule has 0 spiro atoms. The zero-order chi connectivity index (χ0) is 20.5. The van der Waals surface area contributed by atoms with E-state index < -0.39 is 11.8 Å². The monoisotopic (exact) mass is 412 g/mol. The summed E-state index contributed by atoms with van der Waals surface area (Å²) in [6, 6.07) is 7.44. The SMILES string of the molecule is COc1cc(-c2ncc(Cn3ncc4cc(Cl)cc(C(=O)O)c43)cn2)ccc1F. The van der Waals surface area contributed by atoms with Crippen molar-refractivity contribution in [1.29, 1.82) is 0 Å². The second kappa shape index (κ2) is 7.48. The number of hydrogen-bond donors (Lipinski definition) is 1. The van der Waals surface area contributed by atoms with Crippen LogP contribution in [0.3, 0.4) is 0 Å². The summed E-state index contributed by atoms with van der Waals surface area (Å²) in [7, 11) is 1.39. The van der Waals surface area contributed by atoms with E-state index in [0.717, 1.165) is 5.56 Å². The standard InChI is InChI=1S/C20H14ClFN4O3/c1-29-17-5-12(2-3-16(17)22)19-23-7-11(8-24-19)10-26-18-13(9-25-26)4-14(21)6-15(18)20(27)28/h2-9H,10H2,1H3,(H,27,28). The van der Waals surface area contributed by atoms with Crippen LogP contribution in [0.2, 0.25) is 5.02 Å². The van der Waals surface area contributed by atoms with Crippen LogP contribution in [0.25, 0.3) is 22.3 Å². The van der Waals surface area contributed by atoms with Gasteiger partial charge in [0.1, 0.15) is 0 Å². The molecule has 2 heterocycles. The molecule has 0 radical (unpaired) electrons. The highest BCUT2D eigenvalue weighted by Crippen LogP contribution is 2.26. The van der Waals surface area contributed by atoms with Gasteiger partial charge in [-0.3, -0.25) is 4.68 Å². The van der Waals surface area contributed by atoms with Crippen LogP contribution in [0.1, 0.15) is 15.9 Å². The van der Waals surface area contributed by atoms with E-state index in [2.05, 4.69) is 15.1 Å². The van der Waals surface area contributed by atoms with Crippen LogP contribution in [0.4, 0.5) is 4.39 Å². The smallest absolute Gasteiger partial charge is 0.337 e. The molecule has 0 aliphatic rings. The Hall–Kier alpha value is -3.52. The number of ether oxygens (including phenoxy) is 1. The summed E-state index contributed by atoms with van der Waals surface area (Å²) in [6.45, 7) is 0.276. The summed E-state index contributed by atoms with van der Waals surface area (Å²) in [6.07, 6.45) is 4.79. The molecule has 0 bridgehead atoms. The van der Waals surface area contributed by atoms with Crippen molar-refractivity contribution in [2.45, 2.75) is 6.54 Å². The lowest BCUT2D eigenvalue weighted by molar-refractivity contribution is 0.0698. The van der Waals surface area contributed by atoms with E-state index in [-0.39, 0.29) is 17.9 Å². The summed E-state index contributed by atoms with van der Waals surface area (Å²) in [4.78, 5) is 20.2. The minimum Gasteiger partial charge on any atom is -0.494 e. The summed E-state index contributed by atoms with van der Waals surface area (Å²) in [5.74, 6) is -1.03. The van der Waals surface area contributed by atoms with Gasteiger partial charge >= 0.3 is 5.97 Å². The molecular formula is C20H14ClFN4O3. The first-order valence-corrected chi connectivity index (χ1v) is 8.87. The van der Waals surface area contributed by atoms with Gasteiger partial charge in [-0.25, -0.2) is 19.2 Å². The number of benzene rings is 2. The maximum absolute atomic E-state index is 13.6. The van der Waals surface area contributed by atoms with Crippen LogP contribution in [0.15, 0.2) is 48.9 Å². The van der Waals surface area contributed by atoms with Crippen molar-refractivity contribution in [2.24, 2.45) is 0 Å². The highest BCUT2D eigenvalue weighted by molar-refractivity contribution is 6.32. The van der Waals surface area contributed by atoms with Crippen LogP contribution < -0.4 is 4.74 Å². The van der Waals surface area contributed by atoms with Crippen molar-refractivity contribution in [3.8, 4) is 17.1 Å². The largest absolute Gasteiger partial charge is 0.494 e. The Balaban J connectivity index is 1.65. The Morgan fingerprint density at radius 1 is 1.21 bits per heavy atom. The number of halogens is 2. The maximum atomic E-state index is 13.6. The van der Waals surface area contributed by atoms with E-state index in [4.69, 9.17) is 16.3 Å². The molecule has 0 aliphatic heterocycles. The lowest BCUT2D eigenvalue weighted by Crippen LogP contribution is -2.07. The van der Waals surface area contributed by atoms with Crippen LogP contribution in [-0.2, 0) is 6.54 Å². The summed E-state index contributed by atoms with van der Waals surface area (Å²) in [5, 5.41) is 14.7. The average molecular weight is 413 g/mol. The molecule has 7 nitrogen and oxygen atoms in total. The Bertz CT molecular complexity index is 1220. The predicted molar refractivity (Wildman–Crippen MR) is 105 cm³/mol. The van der Waals surface area contributed by atoms with Gasteiger partial charge in [0.2, 0.25) is 0 Å². The third-order valence-corrected chi connectivity index (χ3v) is 4.59. The molecule has 0 fully saturated rings. The summed E-state index contributed by atoms with van der Waals surface area (Å²) >= 11 is 5.99. The number of methoxy groups -OCH3 is 1. The zero-order valence-electron chi connectivity index (χ0n) is 15.1. The van der Waals surface area contributed by atoms with Gasteiger partial charge in [0.15, 0.2) is 17.4 Å². The summed E-state index contributed by atoms with van der Waals surface area (Å²) in [5.41, 5.74) is 1.87. The molecule has 2 aromatic carbocycles. The number of carbonyl (C=O) groups is 1. The van der Waals surface area contributed by atoms with Crippen molar-refractivity contribution in [1.82, 2.24) is 19.7 Å². The van der Waals surface area contributed by atoms with Crippen molar-refractivity contribution in [2.75, 3.05) is 7.11 Å². The molecule has 1 N–H and O–H groups in total. The fourth-order valence-corrected chi connectivity index (χ4v) is 3.26. The normalized spacial score (nSPS) is 11.0. The lowest BCUT2D eigenvalue weighted by atomic mass is 10.1. The van der Waals surface area contributed by atoms with E-state index in [1.54, 1.807) is 35.4 Å². The number of aromatic carboxylic acids is 1. The molecule has 0 atom stereocenters. The first-order valence-electron chi connectivity index (χ1n) is 8.49. The first-order chi connectivity index (χ1) is 14.0. The molecular weight excluding hydrogens is 399 g/mol. The van der Waals surface area contributed by atoms with E-state index in [1.165, 1.54) is 25.3 Å². The van der Waals surface area contributed by atoms with Gasteiger partial charge in [-0.05, 0) is 30.3 Å². The third kappa shape index (κ3) is 3.62. The molecule has 9 heteroatoms. The number of rotatable bonds is 5. The minimum absolute atomic E-state index is 0.0703. The van der Waals surface area contributed by atoms with E-state index in [0.29, 0.717) is 27.3 Å². The van der Waals surface area contributed by atoms with Gasteiger partial charge in [0, 0.05) is 33.9 Å². The van der Waals surface area contributed by atoms with Gasteiger partial charge in [-0.1, -0.05) is 11.6 Å². The molecule has 0 saturated carbocycles. The van der Waals surface area contributed by atoms with Crippen LogP contribution in [-0.4, -0.2) is 37.9 Å². The number of carboxylic acid groups (broad SMARTS) is 1. The van der Waals surface area contributed by atoms with Crippen LogP contribution in [0, 0.1) is 5.82 Å². The highest BCUT2D eigenvalue weighted by Gasteiger charge is 2.16. The molecule has 0 saturated heterocycles. The fourth-order valence-electron chi connectivity index (χ4n) is 3.04. The Kier molecular flexibility index (Phi) is 4.85. The number of aromatic nitrogens is 4. The Morgan fingerprint density at radius 3 is 2.66 bits per heavy atom. The molecule has 4 aromatic rings. The quantitative estimate of drug-likeness (QED) is 0.532. The number of carboxylic acids is 1. The fraction of sp³-hybridized carbons (Fsp3) is 0.100. The topological polar surface area (TPSA) is 90.1 Å². The van der Waals surface area contributed by atoms with Crippen molar-refractivity contribution in [3.63, 3.8) is 0 Å². The maximum Gasteiger partial charge on any atom is 0.337 e. The predicted octanol–water partition coefficient (Wildman–Crippen LogP) is 4.04.